The molecular formula is C19H31N3O3S2. The summed E-state index contributed by atoms with van der Waals surface area (Å²) >= 11 is 1.89. The van der Waals surface area contributed by atoms with E-state index in [-0.39, 0.29) is 16.8 Å². The molecule has 1 aliphatic heterocycles. The lowest BCUT2D eigenvalue weighted by molar-refractivity contribution is 0.0675. The van der Waals surface area contributed by atoms with E-state index < -0.39 is 10.0 Å². The summed E-state index contributed by atoms with van der Waals surface area (Å²) in [4.78, 5) is 17.4. The summed E-state index contributed by atoms with van der Waals surface area (Å²) < 4.78 is 26.7. The van der Waals surface area contributed by atoms with E-state index in [0.717, 1.165) is 31.0 Å². The Morgan fingerprint density at radius 1 is 1.19 bits per heavy atom. The fourth-order valence-electron chi connectivity index (χ4n) is 3.32. The van der Waals surface area contributed by atoms with Gasteiger partial charge < -0.3 is 9.80 Å². The number of carbonyl (C=O) groups is 1. The average Bonchev–Trinajstić information content (AvgIpc) is 2.87. The minimum atomic E-state index is -3.50. The fraction of sp³-hybridized carbons (Fsp3) is 0.632. The minimum Gasteiger partial charge on any atom is -0.334 e. The maximum absolute atomic E-state index is 13.1. The highest BCUT2D eigenvalue weighted by atomic mass is 32.2. The Morgan fingerprint density at radius 3 is 2.37 bits per heavy atom. The SMILES string of the molecule is CCN(CC)S(=O)(=O)c1ccc(C(=O)N2CCCSCC2CN(C)C)cc1. The number of thioether (sulfide) groups is 1. The predicted molar refractivity (Wildman–Crippen MR) is 112 cm³/mol. The van der Waals surface area contributed by atoms with Crippen LogP contribution in [0.2, 0.25) is 0 Å². The van der Waals surface area contributed by atoms with Gasteiger partial charge in [-0.2, -0.15) is 16.1 Å². The molecule has 0 aliphatic carbocycles. The first-order chi connectivity index (χ1) is 12.8. The fourth-order valence-corrected chi connectivity index (χ4v) is 5.83. The van der Waals surface area contributed by atoms with E-state index in [1.54, 1.807) is 24.3 Å². The van der Waals surface area contributed by atoms with Gasteiger partial charge in [-0.05, 0) is 50.5 Å². The van der Waals surface area contributed by atoms with Crippen LogP contribution in [-0.2, 0) is 10.0 Å². The normalized spacial score (nSPS) is 18.7. The van der Waals surface area contributed by atoms with Crippen molar-refractivity contribution in [2.45, 2.75) is 31.2 Å². The van der Waals surface area contributed by atoms with E-state index >= 15 is 0 Å². The molecule has 0 radical (unpaired) electrons. The highest BCUT2D eigenvalue weighted by molar-refractivity contribution is 7.99. The Balaban J connectivity index is 2.23. The summed E-state index contributed by atoms with van der Waals surface area (Å²) in [5, 5.41) is 0. The molecule has 1 aromatic rings. The summed E-state index contributed by atoms with van der Waals surface area (Å²) in [6.45, 7) is 6.06. The van der Waals surface area contributed by atoms with Crippen LogP contribution in [0.1, 0.15) is 30.6 Å². The van der Waals surface area contributed by atoms with Gasteiger partial charge in [-0.25, -0.2) is 8.42 Å². The Labute approximate surface area is 167 Å². The van der Waals surface area contributed by atoms with Crippen molar-refractivity contribution < 1.29 is 13.2 Å². The van der Waals surface area contributed by atoms with Crippen molar-refractivity contribution in [3.63, 3.8) is 0 Å². The van der Waals surface area contributed by atoms with Gasteiger partial charge in [0.25, 0.3) is 5.91 Å². The number of likely N-dealkylation sites (N-methyl/N-ethyl adjacent to an activating group) is 1. The summed E-state index contributed by atoms with van der Waals surface area (Å²) in [5.74, 6) is 1.98. The van der Waals surface area contributed by atoms with Crippen molar-refractivity contribution in [3.05, 3.63) is 29.8 Å². The Bertz CT molecular complexity index is 716. The smallest absolute Gasteiger partial charge is 0.254 e. The second kappa shape index (κ2) is 9.91. The molecular weight excluding hydrogens is 382 g/mol. The van der Waals surface area contributed by atoms with Crippen molar-refractivity contribution >= 4 is 27.7 Å². The van der Waals surface area contributed by atoms with Crippen molar-refractivity contribution in [3.8, 4) is 0 Å². The summed E-state index contributed by atoms with van der Waals surface area (Å²) in [6.07, 6.45) is 0.981. The molecule has 1 saturated heterocycles. The average molecular weight is 414 g/mol. The molecule has 0 saturated carbocycles. The maximum atomic E-state index is 13.1. The Morgan fingerprint density at radius 2 is 1.81 bits per heavy atom. The number of rotatable bonds is 7. The van der Waals surface area contributed by atoms with Crippen LogP contribution in [0.5, 0.6) is 0 Å². The molecule has 0 spiro atoms. The minimum absolute atomic E-state index is 0.0175. The van der Waals surface area contributed by atoms with Crippen LogP contribution in [0.25, 0.3) is 0 Å². The third-order valence-corrected chi connectivity index (χ3v) is 7.98. The molecule has 1 atom stereocenters. The van der Waals surface area contributed by atoms with Crippen LogP contribution in [0, 0.1) is 0 Å². The Kier molecular flexibility index (Phi) is 8.15. The number of carbonyl (C=O) groups excluding carboxylic acids is 1. The lowest BCUT2D eigenvalue weighted by Gasteiger charge is -2.32. The van der Waals surface area contributed by atoms with Crippen molar-refractivity contribution in [2.75, 3.05) is 51.8 Å². The topological polar surface area (TPSA) is 60.9 Å². The molecule has 27 heavy (non-hydrogen) atoms. The van der Waals surface area contributed by atoms with Gasteiger partial charge in [0.05, 0.1) is 10.9 Å². The van der Waals surface area contributed by atoms with E-state index in [1.807, 2.05) is 44.6 Å². The van der Waals surface area contributed by atoms with Crippen LogP contribution >= 0.6 is 11.8 Å². The zero-order valence-electron chi connectivity index (χ0n) is 16.7. The molecule has 1 heterocycles. The number of benzene rings is 1. The van der Waals surface area contributed by atoms with Crippen LogP contribution < -0.4 is 0 Å². The van der Waals surface area contributed by atoms with Gasteiger partial charge in [0.2, 0.25) is 10.0 Å². The van der Waals surface area contributed by atoms with Gasteiger partial charge in [0, 0.05) is 37.5 Å². The molecule has 1 amide bonds. The second-order valence-electron chi connectivity index (χ2n) is 6.96. The molecule has 0 aromatic heterocycles. The highest BCUT2D eigenvalue weighted by Gasteiger charge is 2.28. The molecule has 0 bridgehead atoms. The maximum Gasteiger partial charge on any atom is 0.254 e. The highest BCUT2D eigenvalue weighted by Crippen LogP contribution is 2.21. The van der Waals surface area contributed by atoms with Gasteiger partial charge in [0.1, 0.15) is 0 Å². The zero-order valence-corrected chi connectivity index (χ0v) is 18.4. The van der Waals surface area contributed by atoms with Crippen LogP contribution in [-0.4, -0.2) is 86.3 Å². The number of sulfonamides is 1. The Hall–Kier alpha value is -1.09. The number of hydrogen-bond acceptors (Lipinski definition) is 5. The van der Waals surface area contributed by atoms with E-state index in [1.165, 1.54) is 4.31 Å². The van der Waals surface area contributed by atoms with E-state index in [9.17, 15) is 13.2 Å². The first-order valence-electron chi connectivity index (χ1n) is 9.44. The van der Waals surface area contributed by atoms with E-state index in [0.29, 0.717) is 18.7 Å². The summed E-state index contributed by atoms with van der Waals surface area (Å²) in [7, 11) is 0.535. The van der Waals surface area contributed by atoms with Crippen molar-refractivity contribution in [1.29, 1.82) is 0 Å². The number of nitrogens with zero attached hydrogens (tertiary/aromatic N) is 3. The molecule has 8 heteroatoms. The summed E-state index contributed by atoms with van der Waals surface area (Å²) in [6, 6.07) is 6.55. The molecule has 1 aromatic carbocycles. The number of hydrogen-bond donors (Lipinski definition) is 0. The first kappa shape index (κ1) is 22.2. The molecule has 6 nitrogen and oxygen atoms in total. The zero-order chi connectivity index (χ0) is 20.0. The predicted octanol–water partition coefficient (Wildman–Crippen LogP) is 2.23. The molecule has 0 N–H and O–H groups in total. The van der Waals surface area contributed by atoms with Gasteiger partial charge in [-0.15, -0.1) is 0 Å². The van der Waals surface area contributed by atoms with Crippen LogP contribution in [0.15, 0.2) is 29.2 Å². The van der Waals surface area contributed by atoms with Gasteiger partial charge in [-0.3, -0.25) is 4.79 Å². The molecule has 1 unspecified atom stereocenters. The first-order valence-corrected chi connectivity index (χ1v) is 12.0. The van der Waals surface area contributed by atoms with E-state index in [4.69, 9.17) is 0 Å². The summed E-state index contributed by atoms with van der Waals surface area (Å²) in [5.41, 5.74) is 0.546. The van der Waals surface area contributed by atoms with Gasteiger partial charge >= 0.3 is 0 Å². The third kappa shape index (κ3) is 5.47. The van der Waals surface area contributed by atoms with Crippen LogP contribution in [0.4, 0.5) is 0 Å². The lowest BCUT2D eigenvalue weighted by Crippen LogP contribution is -2.46. The van der Waals surface area contributed by atoms with E-state index in [2.05, 4.69) is 4.90 Å². The largest absolute Gasteiger partial charge is 0.334 e. The molecule has 1 aliphatic rings. The quantitative estimate of drug-likeness (QED) is 0.686. The molecule has 152 valence electrons. The molecule has 2 rings (SSSR count). The third-order valence-electron chi connectivity index (χ3n) is 4.72. The lowest BCUT2D eigenvalue weighted by atomic mass is 10.1. The molecule has 1 fully saturated rings. The second-order valence-corrected chi connectivity index (χ2v) is 10.0. The van der Waals surface area contributed by atoms with Gasteiger partial charge in [0.15, 0.2) is 0 Å². The standard InChI is InChI=1S/C19H31N3O3S2/c1-5-21(6-2)27(24,25)18-10-8-16(9-11-18)19(23)22-12-7-13-26-15-17(22)14-20(3)4/h8-11,17H,5-7,12-15H2,1-4H3. The van der Waals surface area contributed by atoms with Crippen molar-refractivity contribution in [2.24, 2.45) is 0 Å². The van der Waals surface area contributed by atoms with Crippen molar-refractivity contribution in [1.82, 2.24) is 14.1 Å². The van der Waals surface area contributed by atoms with Gasteiger partial charge in [-0.1, -0.05) is 13.8 Å². The van der Waals surface area contributed by atoms with Crippen LogP contribution in [0.3, 0.4) is 0 Å². The monoisotopic (exact) mass is 413 g/mol. The number of amides is 1.